The maximum Gasteiger partial charge on any atom is 0.147 e. The van der Waals surface area contributed by atoms with Gasteiger partial charge in [-0.15, -0.1) is 0 Å². The molecule has 1 atom stereocenters. The Labute approximate surface area is 107 Å². The predicted molar refractivity (Wildman–Crippen MR) is 74.8 cm³/mol. The highest BCUT2D eigenvalue weighted by Gasteiger charge is 2.05. The quantitative estimate of drug-likeness (QED) is 0.846. The highest BCUT2D eigenvalue weighted by atomic mass is 15.1. The van der Waals surface area contributed by atoms with Gasteiger partial charge >= 0.3 is 0 Å². The van der Waals surface area contributed by atoms with E-state index >= 15 is 0 Å². The summed E-state index contributed by atoms with van der Waals surface area (Å²) in [6.45, 7) is 2.14. The summed E-state index contributed by atoms with van der Waals surface area (Å²) in [5.41, 5.74) is 1.32. The Morgan fingerprint density at radius 1 is 1.11 bits per heavy atom. The Morgan fingerprint density at radius 3 is 2.56 bits per heavy atom. The molecule has 1 aromatic heterocycles. The van der Waals surface area contributed by atoms with E-state index in [1.807, 2.05) is 13.1 Å². The zero-order valence-corrected chi connectivity index (χ0v) is 10.7. The topological polar surface area (TPSA) is 49.8 Å². The standard InChI is InChI=1S/C14H18N4/c1-11(8-12-6-4-3-5-7-12)17-14-10-16-9-13(15-2)18-14/h3-7,9-11H,8H2,1-2H3,(H2,15,17,18). The largest absolute Gasteiger partial charge is 0.372 e. The van der Waals surface area contributed by atoms with Crippen LogP contribution in [0.25, 0.3) is 0 Å². The van der Waals surface area contributed by atoms with Crippen LogP contribution in [0.1, 0.15) is 12.5 Å². The summed E-state index contributed by atoms with van der Waals surface area (Å²) in [7, 11) is 1.83. The van der Waals surface area contributed by atoms with Gasteiger partial charge in [0.25, 0.3) is 0 Å². The van der Waals surface area contributed by atoms with Gasteiger partial charge in [0.2, 0.25) is 0 Å². The zero-order valence-electron chi connectivity index (χ0n) is 10.7. The van der Waals surface area contributed by atoms with Crippen LogP contribution in [0.4, 0.5) is 11.6 Å². The molecule has 0 fully saturated rings. The van der Waals surface area contributed by atoms with Gasteiger partial charge in [0.1, 0.15) is 11.6 Å². The van der Waals surface area contributed by atoms with Crippen molar-refractivity contribution in [3.8, 4) is 0 Å². The van der Waals surface area contributed by atoms with Crippen molar-refractivity contribution < 1.29 is 0 Å². The van der Waals surface area contributed by atoms with E-state index in [0.29, 0.717) is 6.04 Å². The van der Waals surface area contributed by atoms with Gasteiger partial charge in [0.15, 0.2) is 0 Å². The second-order valence-electron chi connectivity index (χ2n) is 4.27. The fourth-order valence-electron chi connectivity index (χ4n) is 1.83. The molecule has 0 aliphatic carbocycles. The van der Waals surface area contributed by atoms with Crippen LogP contribution in [0.5, 0.6) is 0 Å². The molecule has 0 amide bonds. The normalized spacial score (nSPS) is 11.9. The summed E-state index contributed by atoms with van der Waals surface area (Å²) in [5, 5.41) is 6.33. The number of benzene rings is 1. The molecule has 1 unspecified atom stereocenters. The van der Waals surface area contributed by atoms with Gasteiger partial charge in [-0.2, -0.15) is 0 Å². The van der Waals surface area contributed by atoms with Crippen molar-refractivity contribution in [2.24, 2.45) is 0 Å². The molecule has 0 aliphatic rings. The summed E-state index contributed by atoms with van der Waals surface area (Å²) >= 11 is 0. The van der Waals surface area contributed by atoms with Crippen molar-refractivity contribution in [1.82, 2.24) is 9.97 Å². The molecule has 2 aromatic rings. The molecule has 4 heteroatoms. The van der Waals surface area contributed by atoms with E-state index in [4.69, 9.17) is 0 Å². The Kier molecular flexibility index (Phi) is 4.12. The fraction of sp³-hybridized carbons (Fsp3) is 0.286. The number of rotatable bonds is 5. The van der Waals surface area contributed by atoms with Crippen molar-refractivity contribution in [3.63, 3.8) is 0 Å². The average Bonchev–Trinajstić information content (AvgIpc) is 2.40. The Morgan fingerprint density at radius 2 is 1.83 bits per heavy atom. The van der Waals surface area contributed by atoms with E-state index in [-0.39, 0.29) is 0 Å². The van der Waals surface area contributed by atoms with Crippen LogP contribution < -0.4 is 10.6 Å². The molecule has 94 valence electrons. The lowest BCUT2D eigenvalue weighted by atomic mass is 10.1. The van der Waals surface area contributed by atoms with Crippen LogP contribution in [0.2, 0.25) is 0 Å². The maximum atomic E-state index is 4.39. The molecule has 4 nitrogen and oxygen atoms in total. The van der Waals surface area contributed by atoms with Crippen LogP contribution in [0.15, 0.2) is 42.7 Å². The minimum atomic E-state index is 0.314. The molecular formula is C14H18N4. The van der Waals surface area contributed by atoms with Crippen LogP contribution in [0.3, 0.4) is 0 Å². The minimum absolute atomic E-state index is 0.314. The molecule has 2 rings (SSSR count). The van der Waals surface area contributed by atoms with Gasteiger partial charge in [-0.3, -0.25) is 4.98 Å². The van der Waals surface area contributed by atoms with E-state index in [2.05, 4.69) is 51.8 Å². The van der Waals surface area contributed by atoms with Gasteiger partial charge in [-0.05, 0) is 18.9 Å². The molecule has 0 bridgehead atoms. The third-order valence-corrected chi connectivity index (χ3v) is 2.67. The summed E-state index contributed by atoms with van der Waals surface area (Å²) in [5.74, 6) is 1.57. The Balaban J connectivity index is 1.96. The molecule has 0 saturated heterocycles. The third-order valence-electron chi connectivity index (χ3n) is 2.67. The molecule has 0 aliphatic heterocycles. The van der Waals surface area contributed by atoms with Crippen LogP contribution >= 0.6 is 0 Å². The van der Waals surface area contributed by atoms with Crippen molar-refractivity contribution in [2.45, 2.75) is 19.4 Å². The third kappa shape index (κ3) is 3.45. The first kappa shape index (κ1) is 12.4. The first-order chi connectivity index (χ1) is 8.78. The summed E-state index contributed by atoms with van der Waals surface area (Å²) in [6, 6.07) is 10.7. The molecule has 0 spiro atoms. The Bertz CT molecular complexity index is 484. The monoisotopic (exact) mass is 242 g/mol. The van der Waals surface area contributed by atoms with Crippen molar-refractivity contribution in [2.75, 3.05) is 17.7 Å². The van der Waals surface area contributed by atoms with Crippen LogP contribution in [0, 0.1) is 0 Å². The first-order valence-corrected chi connectivity index (χ1v) is 6.08. The van der Waals surface area contributed by atoms with E-state index in [0.717, 1.165) is 18.1 Å². The van der Waals surface area contributed by atoms with Gasteiger partial charge in [-0.1, -0.05) is 30.3 Å². The SMILES string of the molecule is CNc1cncc(NC(C)Cc2ccccc2)n1. The first-order valence-electron chi connectivity index (χ1n) is 6.08. The van der Waals surface area contributed by atoms with Gasteiger partial charge in [0, 0.05) is 13.1 Å². The number of nitrogens with one attached hydrogen (secondary N) is 2. The maximum absolute atomic E-state index is 4.39. The van der Waals surface area contributed by atoms with Crippen LogP contribution in [-0.4, -0.2) is 23.1 Å². The number of aromatic nitrogens is 2. The van der Waals surface area contributed by atoms with Gasteiger partial charge < -0.3 is 10.6 Å². The summed E-state index contributed by atoms with van der Waals surface area (Å²) in [6.07, 6.45) is 4.40. The molecule has 0 radical (unpaired) electrons. The van der Waals surface area contributed by atoms with Crippen molar-refractivity contribution in [1.29, 1.82) is 0 Å². The summed E-state index contributed by atoms with van der Waals surface area (Å²) < 4.78 is 0. The molecule has 1 heterocycles. The smallest absolute Gasteiger partial charge is 0.147 e. The average molecular weight is 242 g/mol. The number of nitrogens with zero attached hydrogens (tertiary/aromatic N) is 2. The van der Waals surface area contributed by atoms with E-state index in [1.165, 1.54) is 5.56 Å². The van der Waals surface area contributed by atoms with Gasteiger partial charge in [0.05, 0.1) is 12.4 Å². The van der Waals surface area contributed by atoms with Crippen molar-refractivity contribution >= 4 is 11.6 Å². The van der Waals surface area contributed by atoms with E-state index in [9.17, 15) is 0 Å². The minimum Gasteiger partial charge on any atom is -0.372 e. The van der Waals surface area contributed by atoms with E-state index in [1.54, 1.807) is 12.4 Å². The van der Waals surface area contributed by atoms with E-state index < -0.39 is 0 Å². The molecule has 2 N–H and O–H groups in total. The molecular weight excluding hydrogens is 224 g/mol. The second-order valence-corrected chi connectivity index (χ2v) is 4.27. The molecule has 0 saturated carbocycles. The summed E-state index contributed by atoms with van der Waals surface area (Å²) in [4.78, 5) is 8.52. The Hall–Kier alpha value is -2.10. The van der Waals surface area contributed by atoms with Crippen LogP contribution in [-0.2, 0) is 6.42 Å². The highest BCUT2D eigenvalue weighted by molar-refractivity contribution is 5.41. The zero-order chi connectivity index (χ0) is 12.8. The lowest BCUT2D eigenvalue weighted by molar-refractivity contribution is 0.783. The number of anilines is 2. The lowest BCUT2D eigenvalue weighted by Crippen LogP contribution is -2.19. The molecule has 18 heavy (non-hydrogen) atoms. The van der Waals surface area contributed by atoms with Crippen molar-refractivity contribution in [3.05, 3.63) is 48.3 Å². The lowest BCUT2D eigenvalue weighted by Gasteiger charge is -2.14. The number of hydrogen-bond donors (Lipinski definition) is 2. The predicted octanol–water partition coefficient (Wildman–Crippen LogP) is 2.56. The van der Waals surface area contributed by atoms with Gasteiger partial charge in [-0.25, -0.2) is 4.98 Å². The second kappa shape index (κ2) is 6.00. The fourth-order valence-corrected chi connectivity index (χ4v) is 1.83. The highest BCUT2D eigenvalue weighted by Crippen LogP contribution is 2.10. The molecule has 1 aromatic carbocycles. The number of hydrogen-bond acceptors (Lipinski definition) is 4.